The summed E-state index contributed by atoms with van der Waals surface area (Å²) in [6.07, 6.45) is 11.3. The topological polar surface area (TPSA) is 100 Å². The van der Waals surface area contributed by atoms with Crippen LogP contribution in [0.15, 0.2) is 67.3 Å². The zero-order valence-corrected chi connectivity index (χ0v) is 21.7. The van der Waals surface area contributed by atoms with Gasteiger partial charge in [-0.1, -0.05) is 32.3 Å². The molecule has 1 aromatic carbocycles. The van der Waals surface area contributed by atoms with Gasteiger partial charge in [-0.3, -0.25) is 19.0 Å². The molecule has 0 spiro atoms. The van der Waals surface area contributed by atoms with E-state index in [1.807, 2.05) is 24.3 Å². The fourth-order valence-electron chi connectivity index (χ4n) is 4.21. The number of imidazole rings is 1. The molecule has 0 bridgehead atoms. The molecule has 8 nitrogen and oxygen atoms in total. The molecule has 0 aliphatic heterocycles. The van der Waals surface area contributed by atoms with Gasteiger partial charge in [-0.25, -0.2) is 9.37 Å². The number of hydrogen-bond acceptors (Lipinski definition) is 5. The average molecular weight is 517 g/mol. The van der Waals surface area contributed by atoms with E-state index in [2.05, 4.69) is 39.8 Å². The third kappa shape index (κ3) is 6.80. The Morgan fingerprint density at radius 2 is 1.89 bits per heavy atom. The number of carbonyl (C=O) groups excluding carboxylic acids is 2. The predicted octanol–water partition coefficient (Wildman–Crippen LogP) is 5.08. The van der Waals surface area contributed by atoms with E-state index in [1.165, 1.54) is 43.7 Å². The normalized spacial score (nSPS) is 11.9. The van der Waals surface area contributed by atoms with Crippen LogP contribution in [0.25, 0.3) is 16.8 Å². The Balaban J connectivity index is 1.37. The molecule has 0 radical (unpaired) electrons. The number of carbonyl (C=O) groups is 2. The van der Waals surface area contributed by atoms with Crippen LogP contribution in [-0.4, -0.2) is 45.3 Å². The summed E-state index contributed by atoms with van der Waals surface area (Å²) in [5, 5.41) is 8.81. The first-order chi connectivity index (χ1) is 18.5. The van der Waals surface area contributed by atoms with Crippen molar-refractivity contribution in [1.82, 2.24) is 25.0 Å². The summed E-state index contributed by atoms with van der Waals surface area (Å²) >= 11 is 0. The van der Waals surface area contributed by atoms with Crippen LogP contribution in [0, 0.1) is 5.82 Å². The molecule has 4 aromatic rings. The van der Waals surface area contributed by atoms with E-state index in [0.29, 0.717) is 24.8 Å². The van der Waals surface area contributed by atoms with Crippen molar-refractivity contribution in [2.75, 3.05) is 18.4 Å². The van der Waals surface area contributed by atoms with Crippen LogP contribution in [0.3, 0.4) is 0 Å². The van der Waals surface area contributed by atoms with Gasteiger partial charge >= 0.3 is 0 Å². The lowest BCUT2D eigenvalue weighted by molar-refractivity contribution is 0.0952. The van der Waals surface area contributed by atoms with Crippen molar-refractivity contribution < 1.29 is 14.0 Å². The number of nitrogens with one attached hydrogen (secondary N) is 3. The number of nitrogens with zero attached hydrogens (tertiary/aromatic N) is 3. The number of hydrogen-bond donors (Lipinski definition) is 3. The molecule has 3 aromatic heterocycles. The van der Waals surface area contributed by atoms with Gasteiger partial charge in [0, 0.05) is 48.8 Å². The van der Waals surface area contributed by atoms with Gasteiger partial charge in [0.05, 0.1) is 11.9 Å². The number of anilines is 1. The minimum absolute atomic E-state index is 0.0766. The van der Waals surface area contributed by atoms with E-state index in [0.717, 1.165) is 17.5 Å². The fraction of sp³-hybridized carbons (Fsp3) is 0.310. The minimum atomic E-state index is -0.634. The summed E-state index contributed by atoms with van der Waals surface area (Å²) in [7, 11) is 0. The molecule has 0 unspecified atom stereocenters. The SMILES string of the molecule is CCCCC[C@@H](C)NCCNC(=O)c1ccc(F)c(NC(=O)c2cnc3cc(-c4cccnc4)ccn23)c1. The van der Waals surface area contributed by atoms with Crippen molar-refractivity contribution in [3.8, 4) is 11.1 Å². The Bertz CT molecular complexity index is 1390. The van der Waals surface area contributed by atoms with Crippen LogP contribution >= 0.6 is 0 Å². The lowest BCUT2D eigenvalue weighted by Crippen LogP contribution is -2.35. The molecule has 0 saturated heterocycles. The second-order valence-corrected chi connectivity index (χ2v) is 9.28. The zero-order valence-electron chi connectivity index (χ0n) is 21.7. The van der Waals surface area contributed by atoms with E-state index < -0.39 is 11.7 Å². The highest BCUT2D eigenvalue weighted by molar-refractivity contribution is 6.04. The Morgan fingerprint density at radius 1 is 1.03 bits per heavy atom. The quantitative estimate of drug-likeness (QED) is 0.228. The third-order valence-electron chi connectivity index (χ3n) is 6.36. The highest BCUT2D eigenvalue weighted by Crippen LogP contribution is 2.22. The summed E-state index contributed by atoms with van der Waals surface area (Å²) in [6, 6.07) is 11.8. The van der Waals surface area contributed by atoms with Gasteiger partial charge < -0.3 is 16.0 Å². The molecule has 2 amide bonds. The first-order valence-corrected chi connectivity index (χ1v) is 13.0. The van der Waals surface area contributed by atoms with Crippen molar-refractivity contribution in [2.24, 2.45) is 0 Å². The zero-order chi connectivity index (χ0) is 26.9. The highest BCUT2D eigenvalue weighted by atomic mass is 19.1. The first kappa shape index (κ1) is 26.9. The molecule has 38 heavy (non-hydrogen) atoms. The molecule has 0 saturated carbocycles. The predicted molar refractivity (Wildman–Crippen MR) is 147 cm³/mol. The number of aromatic nitrogens is 3. The van der Waals surface area contributed by atoms with Gasteiger partial charge in [-0.15, -0.1) is 0 Å². The second-order valence-electron chi connectivity index (χ2n) is 9.28. The van der Waals surface area contributed by atoms with Crippen LogP contribution < -0.4 is 16.0 Å². The Kier molecular flexibility index (Phi) is 9.16. The smallest absolute Gasteiger partial charge is 0.274 e. The number of benzene rings is 1. The van der Waals surface area contributed by atoms with Crippen LogP contribution in [0.2, 0.25) is 0 Å². The maximum atomic E-state index is 14.5. The van der Waals surface area contributed by atoms with Crippen molar-refractivity contribution in [3.63, 3.8) is 0 Å². The summed E-state index contributed by atoms with van der Waals surface area (Å²) in [5.41, 5.74) is 2.83. The molecular weight excluding hydrogens is 483 g/mol. The Morgan fingerprint density at radius 3 is 2.68 bits per heavy atom. The molecule has 4 rings (SSSR count). The van der Waals surface area contributed by atoms with Gasteiger partial charge in [-0.2, -0.15) is 0 Å². The largest absolute Gasteiger partial charge is 0.351 e. The van der Waals surface area contributed by atoms with E-state index in [9.17, 15) is 14.0 Å². The molecule has 0 aliphatic carbocycles. The molecule has 198 valence electrons. The lowest BCUT2D eigenvalue weighted by atomic mass is 10.1. The van der Waals surface area contributed by atoms with Gasteiger partial charge in [0.25, 0.3) is 11.8 Å². The van der Waals surface area contributed by atoms with Crippen LogP contribution in [0.4, 0.5) is 10.1 Å². The summed E-state index contributed by atoms with van der Waals surface area (Å²) in [5.74, 6) is -1.51. The molecule has 0 aliphatic rings. The van der Waals surface area contributed by atoms with E-state index in [-0.39, 0.29) is 22.9 Å². The molecule has 9 heteroatoms. The van der Waals surface area contributed by atoms with Crippen LogP contribution in [-0.2, 0) is 0 Å². The molecule has 1 atom stereocenters. The molecular formula is C29H33FN6O2. The summed E-state index contributed by atoms with van der Waals surface area (Å²) in [6.45, 7) is 5.40. The Labute approximate surface area is 221 Å². The van der Waals surface area contributed by atoms with E-state index in [1.54, 1.807) is 23.0 Å². The molecule has 3 N–H and O–H groups in total. The maximum absolute atomic E-state index is 14.5. The standard InChI is InChI=1S/C29H33FN6O2/c1-3-4-5-7-20(2)32-13-14-33-28(37)22-9-10-24(30)25(16-22)35-29(38)26-19-34-27-17-21(11-15-36(26)27)23-8-6-12-31-18-23/h6,8-12,15-20,32H,3-5,7,13-14H2,1-2H3,(H,33,37)(H,35,38)/t20-/m1/s1. The van der Waals surface area contributed by atoms with Gasteiger partial charge in [-0.05, 0) is 55.3 Å². The second kappa shape index (κ2) is 12.9. The minimum Gasteiger partial charge on any atom is -0.351 e. The number of fused-ring (bicyclic) bond motifs is 1. The highest BCUT2D eigenvalue weighted by Gasteiger charge is 2.17. The lowest BCUT2D eigenvalue weighted by Gasteiger charge is -2.14. The van der Waals surface area contributed by atoms with Crippen molar-refractivity contribution in [1.29, 1.82) is 0 Å². The number of pyridine rings is 2. The monoisotopic (exact) mass is 516 g/mol. The summed E-state index contributed by atoms with van der Waals surface area (Å²) < 4.78 is 16.2. The fourth-order valence-corrected chi connectivity index (χ4v) is 4.21. The van der Waals surface area contributed by atoms with Crippen LogP contribution in [0.1, 0.15) is 60.4 Å². The third-order valence-corrected chi connectivity index (χ3v) is 6.36. The van der Waals surface area contributed by atoms with Gasteiger partial charge in [0.2, 0.25) is 0 Å². The number of amides is 2. The van der Waals surface area contributed by atoms with E-state index in [4.69, 9.17) is 0 Å². The van der Waals surface area contributed by atoms with Gasteiger partial charge in [0.1, 0.15) is 17.2 Å². The first-order valence-electron chi connectivity index (χ1n) is 13.0. The van der Waals surface area contributed by atoms with Crippen molar-refractivity contribution in [2.45, 2.75) is 45.6 Å². The molecule has 3 heterocycles. The van der Waals surface area contributed by atoms with Crippen molar-refractivity contribution in [3.05, 3.63) is 84.3 Å². The van der Waals surface area contributed by atoms with Gasteiger partial charge in [0.15, 0.2) is 0 Å². The van der Waals surface area contributed by atoms with E-state index >= 15 is 0 Å². The summed E-state index contributed by atoms with van der Waals surface area (Å²) in [4.78, 5) is 34.1. The number of halogens is 1. The molecule has 0 fully saturated rings. The average Bonchev–Trinajstić information content (AvgIpc) is 3.36. The number of rotatable bonds is 12. The maximum Gasteiger partial charge on any atom is 0.274 e. The Hall–Kier alpha value is -4.11. The van der Waals surface area contributed by atoms with Crippen molar-refractivity contribution >= 4 is 23.1 Å². The van der Waals surface area contributed by atoms with Crippen LogP contribution in [0.5, 0.6) is 0 Å². The number of unbranched alkanes of at least 4 members (excludes halogenated alkanes) is 2.